The fraction of sp³-hybridized carbons (Fsp3) is 0.875. The van der Waals surface area contributed by atoms with Crippen LogP contribution in [0, 0.1) is 5.92 Å². The van der Waals surface area contributed by atoms with Gasteiger partial charge < -0.3 is 20.7 Å². The molecule has 1 amide bonds. The quantitative estimate of drug-likeness (QED) is 0.272. The number of halogens is 1. The summed E-state index contributed by atoms with van der Waals surface area (Å²) in [6.45, 7) is 12.2. The Balaban J connectivity index is 0. The number of hydrogen-bond acceptors (Lipinski definition) is 4. The highest BCUT2D eigenvalue weighted by atomic mass is 127. The molecule has 144 valence electrons. The number of carbonyl (C=O) groups is 1. The molecular weight excluding hydrogens is 439 g/mol. The van der Waals surface area contributed by atoms with Gasteiger partial charge in [-0.15, -0.1) is 24.0 Å². The molecule has 6 nitrogen and oxygen atoms in total. The van der Waals surface area contributed by atoms with Gasteiger partial charge in [-0.3, -0.25) is 4.99 Å². The number of thioether (sulfide) groups is 1. The van der Waals surface area contributed by atoms with Crippen LogP contribution in [0.5, 0.6) is 0 Å². The van der Waals surface area contributed by atoms with Gasteiger partial charge in [0.2, 0.25) is 0 Å². The molecule has 0 aliphatic carbocycles. The first-order chi connectivity index (χ1) is 10.7. The lowest BCUT2D eigenvalue weighted by Gasteiger charge is -2.25. The van der Waals surface area contributed by atoms with E-state index in [0.717, 1.165) is 18.9 Å². The number of aliphatic imine (C=N–C) groups is 1. The summed E-state index contributed by atoms with van der Waals surface area (Å²) in [6.07, 6.45) is 2.60. The van der Waals surface area contributed by atoms with Crippen molar-refractivity contribution in [3.05, 3.63) is 0 Å². The van der Waals surface area contributed by atoms with E-state index in [2.05, 4.69) is 54.9 Å². The maximum absolute atomic E-state index is 11.6. The second kappa shape index (κ2) is 13.9. The fourth-order valence-corrected chi connectivity index (χ4v) is 2.13. The largest absolute Gasteiger partial charge is 0.450 e. The molecule has 0 aromatic carbocycles. The lowest BCUT2D eigenvalue weighted by molar-refractivity contribution is 0.146. The van der Waals surface area contributed by atoms with E-state index in [4.69, 9.17) is 4.74 Å². The number of amides is 1. The van der Waals surface area contributed by atoms with Crippen molar-refractivity contribution < 1.29 is 9.53 Å². The monoisotopic (exact) mass is 474 g/mol. The Labute approximate surface area is 168 Å². The Kier molecular flexibility index (Phi) is 14.9. The number of alkyl carbamates (subject to hydrolysis) is 1. The minimum atomic E-state index is -0.369. The number of rotatable bonds is 9. The van der Waals surface area contributed by atoms with Crippen LogP contribution in [0.25, 0.3) is 0 Å². The normalized spacial score (nSPS) is 13.1. The SMILES string of the molecule is CCOC(=O)NC(CNC(=NC)NCC(C)(C)SC)CC(C)C.I. The zero-order valence-electron chi connectivity index (χ0n) is 16.1. The van der Waals surface area contributed by atoms with Crippen molar-refractivity contribution in [2.75, 3.05) is 33.0 Å². The van der Waals surface area contributed by atoms with E-state index in [0.29, 0.717) is 19.1 Å². The van der Waals surface area contributed by atoms with E-state index in [9.17, 15) is 4.79 Å². The van der Waals surface area contributed by atoms with Gasteiger partial charge in [-0.25, -0.2) is 4.79 Å². The summed E-state index contributed by atoms with van der Waals surface area (Å²) in [5.41, 5.74) is 0. The van der Waals surface area contributed by atoms with Crippen LogP contribution in [0.1, 0.15) is 41.0 Å². The van der Waals surface area contributed by atoms with Crippen LogP contribution in [0.2, 0.25) is 0 Å². The number of nitrogens with zero attached hydrogens (tertiary/aromatic N) is 1. The van der Waals surface area contributed by atoms with E-state index in [1.165, 1.54) is 0 Å². The van der Waals surface area contributed by atoms with Crippen molar-refractivity contribution in [1.29, 1.82) is 0 Å². The molecule has 0 aliphatic rings. The Morgan fingerprint density at radius 2 is 1.92 bits per heavy atom. The van der Waals surface area contributed by atoms with Crippen LogP contribution < -0.4 is 16.0 Å². The number of guanidine groups is 1. The molecular formula is C16H35IN4O2S. The number of carbonyl (C=O) groups excluding carboxylic acids is 1. The van der Waals surface area contributed by atoms with Gasteiger partial charge in [-0.1, -0.05) is 13.8 Å². The molecule has 0 fully saturated rings. The van der Waals surface area contributed by atoms with Crippen molar-refractivity contribution in [1.82, 2.24) is 16.0 Å². The van der Waals surface area contributed by atoms with Crippen molar-refractivity contribution in [2.24, 2.45) is 10.9 Å². The molecule has 0 saturated heterocycles. The summed E-state index contributed by atoms with van der Waals surface area (Å²) >= 11 is 1.81. The van der Waals surface area contributed by atoms with Crippen LogP contribution in [0.15, 0.2) is 4.99 Å². The lowest BCUT2D eigenvalue weighted by atomic mass is 10.0. The van der Waals surface area contributed by atoms with Crippen LogP contribution in [-0.2, 0) is 4.74 Å². The third kappa shape index (κ3) is 13.0. The highest BCUT2D eigenvalue weighted by molar-refractivity contribution is 14.0. The van der Waals surface area contributed by atoms with E-state index in [1.54, 1.807) is 14.0 Å². The predicted molar refractivity (Wildman–Crippen MR) is 116 cm³/mol. The number of nitrogens with one attached hydrogen (secondary N) is 3. The van der Waals surface area contributed by atoms with Gasteiger partial charge in [0.25, 0.3) is 0 Å². The van der Waals surface area contributed by atoms with E-state index < -0.39 is 0 Å². The first-order valence-electron chi connectivity index (χ1n) is 8.17. The number of hydrogen-bond donors (Lipinski definition) is 3. The summed E-state index contributed by atoms with van der Waals surface area (Å²) in [5.74, 6) is 1.22. The summed E-state index contributed by atoms with van der Waals surface area (Å²) < 4.78 is 5.10. The average Bonchev–Trinajstić information content (AvgIpc) is 2.46. The first kappa shape index (κ1) is 25.9. The Bertz CT molecular complexity index is 379. The van der Waals surface area contributed by atoms with E-state index in [1.807, 2.05) is 11.8 Å². The smallest absolute Gasteiger partial charge is 0.407 e. The Morgan fingerprint density at radius 3 is 2.38 bits per heavy atom. The van der Waals surface area contributed by atoms with Crippen LogP contribution in [0.4, 0.5) is 4.79 Å². The van der Waals surface area contributed by atoms with Gasteiger partial charge in [-0.2, -0.15) is 11.8 Å². The highest BCUT2D eigenvalue weighted by Crippen LogP contribution is 2.19. The fourth-order valence-electron chi connectivity index (χ4n) is 1.91. The van der Waals surface area contributed by atoms with Gasteiger partial charge >= 0.3 is 6.09 Å². The molecule has 0 bridgehead atoms. The molecule has 1 atom stereocenters. The maximum atomic E-state index is 11.6. The Morgan fingerprint density at radius 1 is 1.29 bits per heavy atom. The average molecular weight is 474 g/mol. The van der Waals surface area contributed by atoms with Crippen LogP contribution in [0.3, 0.4) is 0 Å². The molecule has 0 heterocycles. The number of ether oxygens (including phenoxy) is 1. The van der Waals surface area contributed by atoms with Gasteiger partial charge in [0, 0.05) is 30.9 Å². The molecule has 8 heteroatoms. The standard InChI is InChI=1S/C16H34N4O2S.HI/c1-8-22-15(21)20-13(9-12(2)3)10-18-14(17-6)19-11-16(4,5)23-7;/h12-13H,8-11H2,1-7H3,(H,20,21)(H2,17,18,19);1H. The summed E-state index contributed by atoms with van der Waals surface area (Å²) in [4.78, 5) is 15.9. The van der Waals surface area contributed by atoms with Crippen molar-refractivity contribution >= 4 is 47.8 Å². The van der Waals surface area contributed by atoms with E-state index >= 15 is 0 Å². The lowest BCUT2D eigenvalue weighted by Crippen LogP contribution is -2.49. The molecule has 0 saturated carbocycles. The molecule has 3 N–H and O–H groups in total. The molecule has 0 spiro atoms. The van der Waals surface area contributed by atoms with Gasteiger partial charge in [-0.05, 0) is 39.4 Å². The molecule has 0 aliphatic heterocycles. The zero-order chi connectivity index (χ0) is 17.9. The second-order valence-corrected chi connectivity index (χ2v) is 7.98. The molecule has 24 heavy (non-hydrogen) atoms. The van der Waals surface area contributed by atoms with Crippen molar-refractivity contribution in [3.8, 4) is 0 Å². The van der Waals surface area contributed by atoms with Crippen LogP contribution in [-0.4, -0.2) is 55.8 Å². The first-order valence-corrected chi connectivity index (χ1v) is 9.39. The maximum Gasteiger partial charge on any atom is 0.407 e. The predicted octanol–water partition coefficient (Wildman–Crippen LogP) is 3.07. The van der Waals surface area contributed by atoms with E-state index in [-0.39, 0.29) is 40.9 Å². The van der Waals surface area contributed by atoms with Crippen molar-refractivity contribution in [3.63, 3.8) is 0 Å². The topological polar surface area (TPSA) is 74.8 Å². The van der Waals surface area contributed by atoms with Gasteiger partial charge in [0.05, 0.1) is 6.61 Å². The second-order valence-electron chi connectivity index (χ2n) is 6.46. The van der Waals surface area contributed by atoms with Gasteiger partial charge in [0.15, 0.2) is 5.96 Å². The molecule has 0 aromatic heterocycles. The molecule has 0 aromatic rings. The van der Waals surface area contributed by atoms with Crippen LogP contribution >= 0.6 is 35.7 Å². The third-order valence-electron chi connectivity index (χ3n) is 3.33. The van der Waals surface area contributed by atoms with Crippen molar-refractivity contribution in [2.45, 2.75) is 51.8 Å². The summed E-state index contributed by atoms with van der Waals surface area (Å²) in [5, 5.41) is 9.50. The zero-order valence-corrected chi connectivity index (χ0v) is 19.2. The third-order valence-corrected chi connectivity index (χ3v) is 4.58. The minimum absolute atomic E-state index is 0. The minimum Gasteiger partial charge on any atom is -0.450 e. The highest BCUT2D eigenvalue weighted by Gasteiger charge is 2.18. The Hall–Kier alpha value is -0.380. The molecule has 0 radical (unpaired) electrons. The molecule has 0 rings (SSSR count). The summed E-state index contributed by atoms with van der Waals surface area (Å²) in [6, 6.07) is 0.00107. The summed E-state index contributed by atoms with van der Waals surface area (Å²) in [7, 11) is 1.75. The van der Waals surface area contributed by atoms with Gasteiger partial charge in [0.1, 0.15) is 0 Å². The molecule has 1 unspecified atom stereocenters.